The van der Waals surface area contributed by atoms with Crippen LogP contribution >= 0.6 is 0 Å². The summed E-state index contributed by atoms with van der Waals surface area (Å²) in [7, 11) is 5.94. The fraction of sp³-hybridized carbons (Fsp3) is 0.841. The first kappa shape index (κ1) is 50.8. The minimum Gasteiger partial charge on any atom is -0.477 e. The number of quaternary nitrogens is 1. The Kier molecular flexibility index (Phi) is 35.2. The molecule has 1 N–H and O–H groups in total. The van der Waals surface area contributed by atoms with E-state index in [4.69, 9.17) is 18.9 Å². The number of aliphatic carboxylic acids is 1. The number of ether oxygens (including phenoxy) is 4. The Morgan fingerprint density at radius 1 is 0.566 bits per heavy atom. The van der Waals surface area contributed by atoms with Crippen molar-refractivity contribution in [3.05, 3.63) is 24.3 Å². The maximum Gasteiger partial charge on any atom is 0.361 e. The predicted molar refractivity (Wildman–Crippen MR) is 217 cm³/mol. The zero-order valence-corrected chi connectivity index (χ0v) is 34.9. The van der Waals surface area contributed by atoms with Gasteiger partial charge in [-0.2, -0.15) is 0 Å². The number of carboxylic acids is 1. The molecule has 0 aliphatic heterocycles. The van der Waals surface area contributed by atoms with Crippen molar-refractivity contribution in [1.82, 2.24) is 0 Å². The molecule has 9 heteroatoms. The number of hydrogen-bond acceptors (Lipinski definition) is 7. The summed E-state index contributed by atoms with van der Waals surface area (Å²) in [6.07, 6.45) is 35.4. The number of allylic oxidation sites excluding steroid dienone is 4. The van der Waals surface area contributed by atoms with E-state index >= 15 is 0 Å². The third-order valence-electron chi connectivity index (χ3n) is 9.21. The smallest absolute Gasteiger partial charge is 0.361 e. The summed E-state index contributed by atoms with van der Waals surface area (Å²) in [4.78, 5) is 36.8. The molecule has 0 rings (SSSR count). The largest absolute Gasteiger partial charge is 0.477 e. The SMILES string of the molecule is CCCCCCC/C=C\C/C=C\CCCCCCCCCCCC(=O)OC(COC(=O)CCCCCCCCC)COC(OCC[N+](C)(C)C)C(=O)O. The highest BCUT2D eigenvalue weighted by Gasteiger charge is 2.25. The monoisotopic (exact) mass is 753 g/mol. The molecule has 0 bridgehead atoms. The first-order valence-electron chi connectivity index (χ1n) is 21.5. The van der Waals surface area contributed by atoms with E-state index in [1.54, 1.807) is 0 Å². The van der Waals surface area contributed by atoms with Gasteiger partial charge in [0.1, 0.15) is 13.2 Å². The van der Waals surface area contributed by atoms with Crippen LogP contribution in [0.4, 0.5) is 0 Å². The molecule has 0 radical (unpaired) electrons. The molecule has 0 aliphatic carbocycles. The van der Waals surface area contributed by atoms with Crippen molar-refractivity contribution in [2.24, 2.45) is 0 Å². The van der Waals surface area contributed by atoms with Crippen molar-refractivity contribution in [2.75, 3.05) is 47.5 Å². The summed E-state index contributed by atoms with van der Waals surface area (Å²) in [6.45, 7) is 4.80. The molecule has 0 aromatic carbocycles. The summed E-state index contributed by atoms with van der Waals surface area (Å²) < 4.78 is 22.6. The van der Waals surface area contributed by atoms with Crippen LogP contribution in [0.15, 0.2) is 24.3 Å². The van der Waals surface area contributed by atoms with Gasteiger partial charge in [0.05, 0.1) is 34.4 Å². The van der Waals surface area contributed by atoms with E-state index in [2.05, 4.69) is 38.2 Å². The van der Waals surface area contributed by atoms with Gasteiger partial charge in [0.2, 0.25) is 0 Å². The van der Waals surface area contributed by atoms with Crippen LogP contribution in [0.1, 0.15) is 181 Å². The van der Waals surface area contributed by atoms with E-state index in [0.717, 1.165) is 51.4 Å². The van der Waals surface area contributed by atoms with Gasteiger partial charge in [0.25, 0.3) is 6.29 Å². The van der Waals surface area contributed by atoms with E-state index in [1.165, 1.54) is 103 Å². The second-order valence-electron chi connectivity index (χ2n) is 15.7. The topological polar surface area (TPSA) is 108 Å². The fourth-order valence-corrected chi connectivity index (χ4v) is 5.81. The summed E-state index contributed by atoms with van der Waals surface area (Å²) in [5, 5.41) is 9.59. The van der Waals surface area contributed by atoms with Crippen LogP contribution in [0.25, 0.3) is 0 Å². The normalized spacial score (nSPS) is 13.2. The Labute approximate surface area is 325 Å². The Morgan fingerprint density at radius 3 is 1.49 bits per heavy atom. The average molecular weight is 753 g/mol. The van der Waals surface area contributed by atoms with Crippen molar-refractivity contribution in [2.45, 2.75) is 193 Å². The first-order chi connectivity index (χ1) is 25.6. The maximum absolute atomic E-state index is 12.7. The number of hydrogen-bond donors (Lipinski definition) is 1. The van der Waals surface area contributed by atoms with Crippen molar-refractivity contribution in [3.8, 4) is 0 Å². The van der Waals surface area contributed by atoms with Crippen molar-refractivity contribution >= 4 is 17.9 Å². The number of esters is 2. The molecule has 0 aromatic rings. The molecule has 2 atom stereocenters. The summed E-state index contributed by atoms with van der Waals surface area (Å²) in [5.74, 6) is -2.02. The molecular formula is C44H82NO8+. The number of rotatable bonds is 39. The number of carbonyl (C=O) groups excluding carboxylic acids is 2. The zero-order chi connectivity index (χ0) is 39.3. The summed E-state index contributed by atoms with van der Waals surface area (Å²) >= 11 is 0. The van der Waals surface area contributed by atoms with E-state index in [9.17, 15) is 19.5 Å². The maximum atomic E-state index is 12.7. The lowest BCUT2D eigenvalue weighted by molar-refractivity contribution is -0.870. The number of likely N-dealkylation sites (N-methyl/N-ethyl adjacent to an activating group) is 1. The summed E-state index contributed by atoms with van der Waals surface area (Å²) in [6, 6.07) is 0. The van der Waals surface area contributed by atoms with Gasteiger partial charge in [0.15, 0.2) is 6.10 Å². The first-order valence-corrected chi connectivity index (χ1v) is 21.5. The molecule has 2 unspecified atom stereocenters. The predicted octanol–water partition coefficient (Wildman–Crippen LogP) is 10.9. The number of carboxylic acid groups (broad SMARTS) is 1. The van der Waals surface area contributed by atoms with E-state index in [0.29, 0.717) is 17.4 Å². The fourth-order valence-electron chi connectivity index (χ4n) is 5.81. The van der Waals surface area contributed by atoms with Gasteiger partial charge < -0.3 is 28.5 Å². The molecule has 9 nitrogen and oxygen atoms in total. The molecule has 0 saturated carbocycles. The van der Waals surface area contributed by atoms with Crippen LogP contribution < -0.4 is 0 Å². The molecular weight excluding hydrogens is 670 g/mol. The van der Waals surface area contributed by atoms with Crippen LogP contribution in [-0.4, -0.2) is 87.4 Å². The van der Waals surface area contributed by atoms with Crippen molar-refractivity contribution < 1.29 is 42.9 Å². The van der Waals surface area contributed by atoms with Crippen LogP contribution in [0.2, 0.25) is 0 Å². The van der Waals surface area contributed by atoms with Gasteiger partial charge >= 0.3 is 17.9 Å². The number of unbranched alkanes of at least 4 members (excludes halogenated alkanes) is 20. The molecule has 0 fully saturated rings. The third-order valence-corrected chi connectivity index (χ3v) is 9.21. The van der Waals surface area contributed by atoms with Gasteiger partial charge in [-0.3, -0.25) is 9.59 Å². The molecule has 0 aromatic heterocycles. The Balaban J connectivity index is 4.31. The van der Waals surface area contributed by atoms with Crippen LogP contribution in [0.5, 0.6) is 0 Å². The van der Waals surface area contributed by atoms with Gasteiger partial charge in [-0.25, -0.2) is 4.79 Å². The van der Waals surface area contributed by atoms with E-state index in [-0.39, 0.29) is 32.2 Å². The van der Waals surface area contributed by atoms with Gasteiger partial charge in [-0.1, -0.05) is 147 Å². The Morgan fingerprint density at radius 2 is 1.02 bits per heavy atom. The number of carbonyl (C=O) groups is 3. The van der Waals surface area contributed by atoms with Gasteiger partial charge in [0, 0.05) is 12.8 Å². The van der Waals surface area contributed by atoms with E-state index in [1.807, 2.05) is 21.1 Å². The molecule has 310 valence electrons. The highest BCUT2D eigenvalue weighted by atomic mass is 16.7. The Hall–Kier alpha value is -2.23. The lowest BCUT2D eigenvalue weighted by Gasteiger charge is -2.25. The minimum atomic E-state index is -1.50. The van der Waals surface area contributed by atoms with Crippen LogP contribution in [0, 0.1) is 0 Å². The lowest BCUT2D eigenvalue weighted by Crippen LogP contribution is -2.40. The van der Waals surface area contributed by atoms with Crippen LogP contribution in [-0.2, 0) is 33.3 Å². The zero-order valence-electron chi connectivity index (χ0n) is 34.9. The standard InChI is InChI=1S/C44H81NO8/c1-6-8-10-12-14-15-16-17-18-19-20-21-22-23-24-25-26-27-29-31-33-35-42(47)53-40(38-51-41(46)34-32-30-28-13-11-9-7-2)39-52-44(43(48)49)50-37-36-45(3,4)5/h16-17,19-20,40,44H,6-15,18,21-39H2,1-5H3/p+1/b17-16-,20-19-. The molecule has 0 saturated heterocycles. The second kappa shape index (κ2) is 36.7. The highest BCUT2D eigenvalue weighted by molar-refractivity contribution is 5.71. The Bertz CT molecular complexity index is 929. The average Bonchev–Trinajstić information content (AvgIpc) is 3.11. The molecule has 0 heterocycles. The summed E-state index contributed by atoms with van der Waals surface area (Å²) in [5.41, 5.74) is 0. The molecule has 0 amide bonds. The second-order valence-corrected chi connectivity index (χ2v) is 15.7. The van der Waals surface area contributed by atoms with E-state index < -0.39 is 24.3 Å². The highest BCUT2D eigenvalue weighted by Crippen LogP contribution is 2.14. The third kappa shape index (κ3) is 37.9. The van der Waals surface area contributed by atoms with Gasteiger partial charge in [-0.15, -0.1) is 0 Å². The van der Waals surface area contributed by atoms with Gasteiger partial charge in [-0.05, 0) is 44.9 Å². The number of nitrogens with zero attached hydrogens (tertiary/aromatic N) is 1. The quantitative estimate of drug-likeness (QED) is 0.0217. The molecule has 0 aliphatic rings. The lowest BCUT2D eigenvalue weighted by atomic mass is 10.1. The molecule has 0 spiro atoms. The van der Waals surface area contributed by atoms with Crippen molar-refractivity contribution in [3.63, 3.8) is 0 Å². The van der Waals surface area contributed by atoms with Crippen LogP contribution in [0.3, 0.4) is 0 Å². The van der Waals surface area contributed by atoms with Crippen molar-refractivity contribution in [1.29, 1.82) is 0 Å². The molecule has 53 heavy (non-hydrogen) atoms. The minimum absolute atomic E-state index is 0.181.